The lowest BCUT2D eigenvalue weighted by molar-refractivity contribution is -0.137. The largest absolute Gasteiger partial charge is 0.416 e. The smallest absolute Gasteiger partial charge is 0.366 e. The number of nitrogens with one attached hydrogen (secondary N) is 2. The Hall–Kier alpha value is -1.64. The number of morpholine rings is 1. The molecule has 1 aromatic carbocycles. The highest BCUT2D eigenvalue weighted by molar-refractivity contribution is 5.81. The van der Waals surface area contributed by atoms with Crippen LogP contribution < -0.4 is 10.6 Å². The molecule has 3 rings (SSSR count). The summed E-state index contributed by atoms with van der Waals surface area (Å²) in [7, 11) is 0. The van der Waals surface area contributed by atoms with Crippen molar-refractivity contribution in [2.75, 3.05) is 32.8 Å². The van der Waals surface area contributed by atoms with E-state index in [0.717, 1.165) is 37.2 Å². The number of amides is 1. The molecule has 0 radical (unpaired) electrons. The summed E-state index contributed by atoms with van der Waals surface area (Å²) in [4.78, 5) is 14.3. The van der Waals surface area contributed by atoms with Gasteiger partial charge in [0.25, 0.3) is 5.91 Å². The Bertz CT molecular complexity index is 586. The van der Waals surface area contributed by atoms with Gasteiger partial charge in [0.2, 0.25) is 0 Å². The normalized spacial score (nSPS) is 25.1. The lowest BCUT2D eigenvalue weighted by Crippen LogP contribution is -2.50. The third-order valence-electron chi connectivity index (χ3n) is 4.53. The Morgan fingerprint density at radius 2 is 2.08 bits per heavy atom. The van der Waals surface area contributed by atoms with Crippen LogP contribution in [0, 0.1) is 0 Å². The summed E-state index contributed by atoms with van der Waals surface area (Å²) in [6, 6.07) is 5.29. The van der Waals surface area contributed by atoms with Crippen LogP contribution >= 0.6 is 0 Å². The predicted octanol–water partition coefficient (Wildman–Crippen LogP) is 1.38. The molecular weight excluding hydrogens is 335 g/mol. The second-order valence-electron chi connectivity index (χ2n) is 6.49. The molecule has 5 nitrogen and oxygen atoms in total. The number of carbonyl (C=O) groups is 1. The summed E-state index contributed by atoms with van der Waals surface area (Å²) < 4.78 is 43.2. The van der Waals surface area contributed by atoms with Crippen LogP contribution in [0.1, 0.15) is 17.5 Å². The van der Waals surface area contributed by atoms with Gasteiger partial charge in [-0.15, -0.1) is 0 Å². The monoisotopic (exact) mass is 357 g/mol. The third-order valence-corrected chi connectivity index (χ3v) is 4.53. The molecular formula is C17H22F3N3O2. The maximum absolute atomic E-state index is 12.6. The molecule has 8 heteroatoms. The minimum absolute atomic E-state index is 0.0486. The summed E-state index contributed by atoms with van der Waals surface area (Å²) in [6.45, 7) is 3.87. The maximum atomic E-state index is 12.6. The number of ether oxygens (including phenoxy) is 1. The second-order valence-corrected chi connectivity index (χ2v) is 6.49. The van der Waals surface area contributed by atoms with E-state index < -0.39 is 17.8 Å². The first-order valence-electron chi connectivity index (χ1n) is 8.43. The van der Waals surface area contributed by atoms with E-state index in [-0.39, 0.29) is 11.9 Å². The van der Waals surface area contributed by atoms with Crippen molar-refractivity contribution < 1.29 is 22.7 Å². The first-order chi connectivity index (χ1) is 11.9. The fourth-order valence-corrected chi connectivity index (χ4v) is 3.18. The van der Waals surface area contributed by atoms with Crippen molar-refractivity contribution in [3.8, 4) is 0 Å². The van der Waals surface area contributed by atoms with E-state index in [9.17, 15) is 18.0 Å². The molecule has 0 bridgehead atoms. The molecule has 2 aliphatic heterocycles. The molecule has 0 spiro atoms. The predicted molar refractivity (Wildman–Crippen MR) is 85.9 cm³/mol. The van der Waals surface area contributed by atoms with Crippen LogP contribution in [0.15, 0.2) is 24.3 Å². The minimum Gasteiger partial charge on any atom is -0.366 e. The highest BCUT2D eigenvalue weighted by Crippen LogP contribution is 2.29. The van der Waals surface area contributed by atoms with Gasteiger partial charge in [0, 0.05) is 38.8 Å². The highest BCUT2D eigenvalue weighted by atomic mass is 19.4. The topological polar surface area (TPSA) is 53.6 Å². The van der Waals surface area contributed by atoms with E-state index in [0.29, 0.717) is 26.2 Å². The zero-order valence-corrected chi connectivity index (χ0v) is 13.8. The highest BCUT2D eigenvalue weighted by Gasteiger charge is 2.31. The molecule has 0 aromatic heterocycles. The maximum Gasteiger partial charge on any atom is 0.416 e. The van der Waals surface area contributed by atoms with Gasteiger partial charge in [-0.1, -0.05) is 12.1 Å². The zero-order valence-electron chi connectivity index (χ0n) is 13.8. The Kier molecular flexibility index (Phi) is 5.61. The lowest BCUT2D eigenvalue weighted by atomic mass is 10.1. The molecule has 2 fully saturated rings. The lowest BCUT2D eigenvalue weighted by Gasteiger charge is -2.24. The van der Waals surface area contributed by atoms with Gasteiger partial charge < -0.3 is 15.4 Å². The summed E-state index contributed by atoms with van der Waals surface area (Å²) in [5.74, 6) is -0.103. The summed E-state index contributed by atoms with van der Waals surface area (Å²) in [6.07, 6.45) is -3.93. The number of rotatable bonds is 4. The Labute approximate surface area is 144 Å². The third kappa shape index (κ3) is 4.93. The van der Waals surface area contributed by atoms with E-state index in [1.54, 1.807) is 0 Å². The quantitative estimate of drug-likeness (QED) is 0.855. The van der Waals surface area contributed by atoms with Crippen molar-refractivity contribution >= 4 is 5.91 Å². The number of likely N-dealkylation sites (tertiary alicyclic amines) is 1. The number of alkyl halides is 3. The van der Waals surface area contributed by atoms with Gasteiger partial charge in [-0.25, -0.2) is 0 Å². The molecule has 1 amide bonds. The molecule has 2 atom stereocenters. The molecule has 2 aliphatic rings. The molecule has 1 aromatic rings. The fourth-order valence-electron chi connectivity index (χ4n) is 3.18. The van der Waals surface area contributed by atoms with E-state index in [1.165, 1.54) is 12.1 Å². The van der Waals surface area contributed by atoms with Crippen molar-refractivity contribution in [1.82, 2.24) is 15.5 Å². The molecule has 25 heavy (non-hydrogen) atoms. The molecule has 2 N–H and O–H groups in total. The Morgan fingerprint density at radius 3 is 2.72 bits per heavy atom. The average Bonchev–Trinajstić information content (AvgIpc) is 3.02. The van der Waals surface area contributed by atoms with Gasteiger partial charge in [0.1, 0.15) is 6.10 Å². The van der Waals surface area contributed by atoms with Crippen molar-refractivity contribution in [1.29, 1.82) is 0 Å². The number of nitrogens with zero attached hydrogens (tertiary/aromatic N) is 1. The van der Waals surface area contributed by atoms with Crippen LogP contribution in [0.25, 0.3) is 0 Å². The van der Waals surface area contributed by atoms with Crippen LogP contribution in [0.4, 0.5) is 13.2 Å². The second kappa shape index (κ2) is 7.72. The van der Waals surface area contributed by atoms with Gasteiger partial charge >= 0.3 is 6.18 Å². The molecule has 2 heterocycles. The van der Waals surface area contributed by atoms with Crippen LogP contribution in [-0.4, -0.2) is 55.7 Å². The minimum atomic E-state index is -4.31. The van der Waals surface area contributed by atoms with Gasteiger partial charge in [-0.2, -0.15) is 13.2 Å². The number of halogens is 3. The summed E-state index contributed by atoms with van der Waals surface area (Å²) >= 11 is 0. The standard InChI is InChI=1S/C17H22F3N3O2/c18-17(19,20)13-3-1-12(2-4-13)10-23-7-5-14(11-23)22-16(24)15-9-21-6-8-25-15/h1-4,14-15,21H,5-11H2,(H,22,24). The molecule has 138 valence electrons. The van der Waals surface area contributed by atoms with E-state index >= 15 is 0 Å². The average molecular weight is 357 g/mol. The number of carbonyl (C=O) groups excluding carboxylic acids is 1. The Morgan fingerprint density at radius 1 is 1.32 bits per heavy atom. The summed E-state index contributed by atoms with van der Waals surface area (Å²) in [5, 5.41) is 6.12. The fraction of sp³-hybridized carbons (Fsp3) is 0.588. The van der Waals surface area contributed by atoms with Crippen molar-refractivity contribution in [3.05, 3.63) is 35.4 Å². The van der Waals surface area contributed by atoms with Crippen LogP contribution in [-0.2, 0) is 22.3 Å². The Balaban J connectivity index is 1.47. The zero-order chi connectivity index (χ0) is 17.9. The molecule has 2 saturated heterocycles. The first kappa shape index (κ1) is 18.2. The molecule has 2 unspecified atom stereocenters. The van der Waals surface area contributed by atoms with Crippen molar-refractivity contribution in [2.45, 2.75) is 31.3 Å². The van der Waals surface area contributed by atoms with Crippen LogP contribution in [0.5, 0.6) is 0 Å². The van der Waals surface area contributed by atoms with E-state index in [2.05, 4.69) is 15.5 Å². The van der Waals surface area contributed by atoms with Gasteiger partial charge in [0.15, 0.2) is 0 Å². The SMILES string of the molecule is O=C(NC1CCN(Cc2ccc(C(F)(F)F)cc2)C1)C1CNCCO1. The molecule has 0 saturated carbocycles. The van der Waals surface area contributed by atoms with E-state index in [1.807, 2.05) is 0 Å². The number of hydrogen-bond donors (Lipinski definition) is 2. The van der Waals surface area contributed by atoms with Gasteiger partial charge in [-0.05, 0) is 24.1 Å². The van der Waals surface area contributed by atoms with Gasteiger partial charge in [0.05, 0.1) is 12.2 Å². The van der Waals surface area contributed by atoms with E-state index in [4.69, 9.17) is 4.74 Å². The van der Waals surface area contributed by atoms with Gasteiger partial charge in [-0.3, -0.25) is 9.69 Å². The number of benzene rings is 1. The van der Waals surface area contributed by atoms with Crippen molar-refractivity contribution in [2.24, 2.45) is 0 Å². The molecule has 0 aliphatic carbocycles. The van der Waals surface area contributed by atoms with Crippen molar-refractivity contribution in [3.63, 3.8) is 0 Å². The first-order valence-corrected chi connectivity index (χ1v) is 8.43. The summed E-state index contributed by atoms with van der Waals surface area (Å²) in [5.41, 5.74) is 0.198. The van der Waals surface area contributed by atoms with Crippen LogP contribution in [0.2, 0.25) is 0 Å². The number of hydrogen-bond acceptors (Lipinski definition) is 4. The van der Waals surface area contributed by atoms with Crippen LogP contribution in [0.3, 0.4) is 0 Å².